The maximum absolute atomic E-state index is 11.4. The third-order valence-corrected chi connectivity index (χ3v) is 3.34. The van der Waals surface area contributed by atoms with E-state index in [0.717, 1.165) is 37.1 Å². The first-order valence-corrected chi connectivity index (χ1v) is 6.75. The lowest BCUT2D eigenvalue weighted by Gasteiger charge is -2.05. The van der Waals surface area contributed by atoms with Crippen LogP contribution in [0.2, 0.25) is 5.02 Å². The lowest BCUT2D eigenvalue weighted by Crippen LogP contribution is -2.06. The Hall–Kier alpha value is -0.820. The minimum Gasteiger partial charge on any atom is -0.299 e. The standard InChI is InChI=1S/C15H21ClO/c1-12(2)15(17)11-5-3-4-8-13-9-6-7-10-14(13)16/h6-7,9-10,12H,3-5,8,11H2,1-2H3. The molecule has 94 valence electrons. The Balaban J connectivity index is 2.17. The number of benzene rings is 1. The van der Waals surface area contributed by atoms with E-state index in [0.29, 0.717) is 5.78 Å². The average Bonchev–Trinajstić information content (AvgIpc) is 2.30. The minimum atomic E-state index is 0.179. The van der Waals surface area contributed by atoms with Gasteiger partial charge in [0.05, 0.1) is 0 Å². The van der Waals surface area contributed by atoms with Gasteiger partial charge in [0.2, 0.25) is 0 Å². The quantitative estimate of drug-likeness (QED) is 0.645. The molecule has 1 aromatic rings. The molecule has 0 heterocycles. The van der Waals surface area contributed by atoms with Crippen LogP contribution in [-0.4, -0.2) is 5.78 Å². The van der Waals surface area contributed by atoms with Gasteiger partial charge in [-0.05, 0) is 30.9 Å². The Bertz CT molecular complexity index is 358. The number of aryl methyl sites for hydroxylation is 1. The summed E-state index contributed by atoms with van der Waals surface area (Å²) in [5, 5.41) is 0.853. The van der Waals surface area contributed by atoms with Crippen molar-refractivity contribution in [2.45, 2.75) is 46.0 Å². The van der Waals surface area contributed by atoms with Gasteiger partial charge in [0.25, 0.3) is 0 Å². The third-order valence-electron chi connectivity index (χ3n) is 2.97. The molecule has 0 spiro atoms. The second-order valence-electron chi connectivity index (χ2n) is 4.77. The van der Waals surface area contributed by atoms with Gasteiger partial charge in [-0.2, -0.15) is 0 Å². The summed E-state index contributed by atoms with van der Waals surface area (Å²) in [7, 11) is 0. The number of Topliss-reactive ketones (excluding diaryl/α,β-unsaturated/α-hetero) is 1. The van der Waals surface area contributed by atoms with Crippen molar-refractivity contribution in [3.63, 3.8) is 0 Å². The number of hydrogen-bond donors (Lipinski definition) is 0. The van der Waals surface area contributed by atoms with E-state index in [-0.39, 0.29) is 5.92 Å². The number of hydrogen-bond acceptors (Lipinski definition) is 1. The second kappa shape index (κ2) is 7.50. The average molecular weight is 253 g/mol. The van der Waals surface area contributed by atoms with Crippen molar-refractivity contribution < 1.29 is 4.79 Å². The zero-order chi connectivity index (χ0) is 12.7. The molecule has 0 amide bonds. The molecule has 0 aliphatic rings. The molecule has 0 radical (unpaired) electrons. The molecule has 0 aromatic heterocycles. The molecule has 17 heavy (non-hydrogen) atoms. The minimum absolute atomic E-state index is 0.179. The van der Waals surface area contributed by atoms with Gasteiger partial charge in [0.15, 0.2) is 0 Å². The maximum Gasteiger partial charge on any atom is 0.135 e. The number of carbonyl (C=O) groups excluding carboxylic acids is 1. The van der Waals surface area contributed by atoms with Gasteiger partial charge < -0.3 is 0 Å². The number of carbonyl (C=O) groups is 1. The predicted octanol–water partition coefficient (Wildman–Crippen LogP) is 4.67. The summed E-state index contributed by atoms with van der Waals surface area (Å²) in [6, 6.07) is 7.97. The number of ketones is 1. The highest BCUT2D eigenvalue weighted by atomic mass is 35.5. The Morgan fingerprint density at radius 2 is 1.88 bits per heavy atom. The predicted molar refractivity (Wildman–Crippen MR) is 73.5 cm³/mol. The van der Waals surface area contributed by atoms with Crippen molar-refractivity contribution in [2.24, 2.45) is 5.92 Å². The molecule has 0 bridgehead atoms. The van der Waals surface area contributed by atoms with Gasteiger partial charge >= 0.3 is 0 Å². The van der Waals surface area contributed by atoms with Crippen LogP contribution in [0.25, 0.3) is 0 Å². The van der Waals surface area contributed by atoms with Crippen molar-refractivity contribution in [2.75, 3.05) is 0 Å². The largest absolute Gasteiger partial charge is 0.299 e. The van der Waals surface area contributed by atoms with Crippen molar-refractivity contribution in [1.82, 2.24) is 0 Å². The smallest absolute Gasteiger partial charge is 0.135 e. The van der Waals surface area contributed by atoms with Gasteiger partial charge in [-0.1, -0.05) is 50.1 Å². The van der Waals surface area contributed by atoms with Gasteiger partial charge in [0, 0.05) is 17.4 Å². The molecule has 0 unspecified atom stereocenters. The van der Waals surface area contributed by atoms with Crippen LogP contribution in [0.1, 0.15) is 45.1 Å². The fourth-order valence-electron chi connectivity index (χ4n) is 1.78. The molecular formula is C15H21ClO. The highest BCUT2D eigenvalue weighted by molar-refractivity contribution is 6.31. The summed E-state index contributed by atoms with van der Waals surface area (Å²) in [5.74, 6) is 0.557. The molecule has 0 atom stereocenters. The Labute approximate surface area is 109 Å². The van der Waals surface area contributed by atoms with Crippen LogP contribution in [0.3, 0.4) is 0 Å². The molecule has 1 nitrogen and oxygen atoms in total. The Morgan fingerprint density at radius 1 is 1.18 bits per heavy atom. The van der Waals surface area contributed by atoms with Crippen LogP contribution in [0.15, 0.2) is 24.3 Å². The van der Waals surface area contributed by atoms with Crippen LogP contribution in [-0.2, 0) is 11.2 Å². The molecule has 0 aliphatic heterocycles. The highest BCUT2D eigenvalue weighted by Crippen LogP contribution is 2.18. The van der Waals surface area contributed by atoms with Crippen LogP contribution in [0, 0.1) is 5.92 Å². The normalized spacial score (nSPS) is 10.8. The van der Waals surface area contributed by atoms with E-state index < -0.39 is 0 Å². The van der Waals surface area contributed by atoms with Crippen molar-refractivity contribution in [1.29, 1.82) is 0 Å². The third kappa shape index (κ3) is 5.36. The molecule has 0 aliphatic carbocycles. The molecule has 1 aromatic carbocycles. The van der Waals surface area contributed by atoms with E-state index in [2.05, 4.69) is 6.07 Å². The van der Waals surface area contributed by atoms with E-state index >= 15 is 0 Å². The van der Waals surface area contributed by atoms with Crippen molar-refractivity contribution >= 4 is 17.4 Å². The molecule has 2 heteroatoms. The fraction of sp³-hybridized carbons (Fsp3) is 0.533. The van der Waals surface area contributed by atoms with Gasteiger partial charge in [-0.25, -0.2) is 0 Å². The van der Waals surface area contributed by atoms with Gasteiger partial charge in [-0.15, -0.1) is 0 Å². The fourth-order valence-corrected chi connectivity index (χ4v) is 2.01. The molecule has 1 rings (SSSR count). The summed E-state index contributed by atoms with van der Waals surface area (Å²) in [4.78, 5) is 11.4. The molecule has 0 fully saturated rings. The SMILES string of the molecule is CC(C)C(=O)CCCCCc1ccccc1Cl. The first-order valence-electron chi connectivity index (χ1n) is 6.37. The first-order chi connectivity index (χ1) is 8.11. The van der Waals surface area contributed by atoms with Gasteiger partial charge in [-0.3, -0.25) is 4.79 Å². The summed E-state index contributed by atoms with van der Waals surface area (Å²) in [6.45, 7) is 3.93. The summed E-state index contributed by atoms with van der Waals surface area (Å²) >= 11 is 6.07. The van der Waals surface area contributed by atoms with Crippen LogP contribution >= 0.6 is 11.6 Å². The Kier molecular flexibility index (Phi) is 6.28. The summed E-state index contributed by atoms with van der Waals surface area (Å²) in [6.07, 6.45) is 4.94. The zero-order valence-electron chi connectivity index (χ0n) is 10.7. The van der Waals surface area contributed by atoms with E-state index in [1.54, 1.807) is 0 Å². The van der Waals surface area contributed by atoms with E-state index in [1.165, 1.54) is 5.56 Å². The van der Waals surface area contributed by atoms with Gasteiger partial charge in [0.1, 0.15) is 5.78 Å². The van der Waals surface area contributed by atoms with E-state index in [4.69, 9.17) is 11.6 Å². The molecule has 0 saturated carbocycles. The van der Waals surface area contributed by atoms with E-state index in [1.807, 2.05) is 32.0 Å². The lowest BCUT2D eigenvalue weighted by atomic mass is 10.0. The van der Waals surface area contributed by atoms with Crippen molar-refractivity contribution in [3.05, 3.63) is 34.9 Å². The second-order valence-corrected chi connectivity index (χ2v) is 5.18. The Morgan fingerprint density at radius 3 is 2.53 bits per heavy atom. The number of unbranched alkanes of at least 4 members (excludes halogenated alkanes) is 2. The van der Waals surface area contributed by atoms with Crippen LogP contribution in [0.5, 0.6) is 0 Å². The first kappa shape index (κ1) is 14.2. The monoisotopic (exact) mass is 252 g/mol. The zero-order valence-corrected chi connectivity index (χ0v) is 11.5. The maximum atomic E-state index is 11.4. The molecule has 0 saturated heterocycles. The summed E-state index contributed by atoms with van der Waals surface area (Å²) in [5.41, 5.74) is 1.21. The van der Waals surface area contributed by atoms with Crippen molar-refractivity contribution in [3.8, 4) is 0 Å². The molecular weight excluding hydrogens is 232 g/mol. The highest BCUT2D eigenvalue weighted by Gasteiger charge is 2.06. The lowest BCUT2D eigenvalue weighted by molar-refractivity contribution is -0.122. The molecule has 0 N–H and O–H groups in total. The number of halogens is 1. The van der Waals surface area contributed by atoms with Crippen LogP contribution < -0.4 is 0 Å². The topological polar surface area (TPSA) is 17.1 Å². The number of rotatable bonds is 7. The van der Waals surface area contributed by atoms with Crippen LogP contribution in [0.4, 0.5) is 0 Å². The van der Waals surface area contributed by atoms with E-state index in [9.17, 15) is 4.79 Å². The summed E-state index contributed by atoms with van der Waals surface area (Å²) < 4.78 is 0.